The molecule has 7 heteroatoms. The van der Waals surface area contributed by atoms with Crippen LogP contribution in [0.1, 0.15) is 55.3 Å². The molecule has 0 aromatic carbocycles. The van der Waals surface area contributed by atoms with Crippen molar-refractivity contribution in [1.82, 2.24) is 4.57 Å². The van der Waals surface area contributed by atoms with Crippen LogP contribution in [0.25, 0.3) is 0 Å². The van der Waals surface area contributed by atoms with E-state index in [1.165, 1.54) is 12.4 Å². The van der Waals surface area contributed by atoms with Crippen molar-refractivity contribution >= 4 is 18.0 Å². The quantitative estimate of drug-likeness (QED) is 0.628. The SMILES string of the molecule is CCOC(=O)c1cn(C(=O)OC(C)(C)C)cc1C(=O)OCC. The average molecular weight is 311 g/mol. The molecule has 1 heterocycles. The van der Waals surface area contributed by atoms with Gasteiger partial charge in [-0.1, -0.05) is 0 Å². The summed E-state index contributed by atoms with van der Waals surface area (Å²) in [6, 6.07) is 0. The standard InChI is InChI=1S/C15H21NO6/c1-6-20-12(17)10-8-16(14(19)22-15(3,4)5)9-11(10)13(18)21-7-2/h8-9H,6-7H2,1-5H3. The van der Waals surface area contributed by atoms with Gasteiger partial charge in [-0.3, -0.25) is 4.57 Å². The predicted molar refractivity (Wildman–Crippen MR) is 78.0 cm³/mol. The lowest BCUT2D eigenvalue weighted by molar-refractivity contribution is 0.0480. The maximum atomic E-state index is 12.0. The number of ether oxygens (including phenoxy) is 3. The Labute approximate surface area is 129 Å². The minimum absolute atomic E-state index is 0.0360. The molecule has 1 aromatic rings. The minimum atomic E-state index is -0.701. The van der Waals surface area contributed by atoms with Crippen molar-refractivity contribution < 1.29 is 28.6 Å². The van der Waals surface area contributed by atoms with Gasteiger partial charge in [-0.15, -0.1) is 0 Å². The molecule has 7 nitrogen and oxygen atoms in total. The third-order valence-corrected chi connectivity index (χ3v) is 2.42. The van der Waals surface area contributed by atoms with E-state index in [0.29, 0.717) is 0 Å². The lowest BCUT2D eigenvalue weighted by Crippen LogP contribution is -2.26. The van der Waals surface area contributed by atoms with Gasteiger partial charge in [0, 0.05) is 12.4 Å². The van der Waals surface area contributed by atoms with Crippen LogP contribution in [-0.2, 0) is 14.2 Å². The molecule has 0 N–H and O–H groups in total. The number of nitrogens with zero attached hydrogens (tertiary/aromatic N) is 1. The van der Waals surface area contributed by atoms with Crippen molar-refractivity contribution in [1.29, 1.82) is 0 Å². The van der Waals surface area contributed by atoms with E-state index in [2.05, 4.69) is 0 Å². The topological polar surface area (TPSA) is 83.8 Å². The molecule has 0 amide bonds. The molecule has 0 fully saturated rings. The summed E-state index contributed by atoms with van der Waals surface area (Å²) in [6.07, 6.45) is 1.71. The van der Waals surface area contributed by atoms with Crippen LogP contribution < -0.4 is 0 Å². The highest BCUT2D eigenvalue weighted by Crippen LogP contribution is 2.16. The Bertz CT molecular complexity index is 532. The van der Waals surface area contributed by atoms with Crippen molar-refractivity contribution in [3.8, 4) is 0 Å². The largest absolute Gasteiger partial charge is 0.462 e. The van der Waals surface area contributed by atoms with Crippen molar-refractivity contribution in [2.24, 2.45) is 0 Å². The summed E-state index contributed by atoms with van der Waals surface area (Å²) >= 11 is 0. The lowest BCUT2D eigenvalue weighted by atomic mass is 10.2. The zero-order valence-corrected chi connectivity index (χ0v) is 13.5. The summed E-state index contributed by atoms with van der Waals surface area (Å²) in [4.78, 5) is 35.8. The van der Waals surface area contributed by atoms with Gasteiger partial charge in [0.1, 0.15) is 5.60 Å². The molecule has 0 aliphatic heterocycles. The second kappa shape index (κ2) is 7.11. The fourth-order valence-electron chi connectivity index (χ4n) is 1.62. The molecule has 22 heavy (non-hydrogen) atoms. The molecule has 0 spiro atoms. The Morgan fingerprint density at radius 1 is 0.955 bits per heavy atom. The normalized spacial score (nSPS) is 11.0. The minimum Gasteiger partial charge on any atom is -0.462 e. The van der Waals surface area contributed by atoms with E-state index in [0.717, 1.165) is 4.57 Å². The van der Waals surface area contributed by atoms with E-state index >= 15 is 0 Å². The van der Waals surface area contributed by atoms with E-state index in [1.807, 2.05) is 0 Å². The summed E-state index contributed by atoms with van der Waals surface area (Å²) in [7, 11) is 0. The first-order valence-electron chi connectivity index (χ1n) is 6.99. The third kappa shape index (κ3) is 4.61. The van der Waals surface area contributed by atoms with E-state index < -0.39 is 23.6 Å². The lowest BCUT2D eigenvalue weighted by Gasteiger charge is -2.19. The number of carbonyl (C=O) groups excluding carboxylic acids is 3. The first-order valence-corrected chi connectivity index (χ1v) is 6.99. The highest BCUT2D eigenvalue weighted by molar-refractivity contribution is 6.03. The Morgan fingerprint density at radius 2 is 1.36 bits per heavy atom. The van der Waals surface area contributed by atoms with Crippen molar-refractivity contribution in [2.75, 3.05) is 13.2 Å². The van der Waals surface area contributed by atoms with Crippen LogP contribution in [0.5, 0.6) is 0 Å². The maximum Gasteiger partial charge on any atom is 0.418 e. The summed E-state index contributed by atoms with van der Waals surface area (Å²) in [5.74, 6) is -1.40. The Hall–Kier alpha value is -2.31. The Morgan fingerprint density at radius 3 is 1.68 bits per heavy atom. The Kier molecular flexibility index (Phi) is 5.73. The van der Waals surface area contributed by atoms with Gasteiger partial charge in [0.05, 0.1) is 24.3 Å². The molecule has 0 atom stereocenters. The van der Waals surface area contributed by atoms with Gasteiger partial charge in [-0.25, -0.2) is 14.4 Å². The van der Waals surface area contributed by atoms with Gasteiger partial charge < -0.3 is 14.2 Å². The molecule has 0 unspecified atom stereocenters. The molecule has 0 bridgehead atoms. The van der Waals surface area contributed by atoms with Crippen molar-refractivity contribution in [3.63, 3.8) is 0 Å². The van der Waals surface area contributed by atoms with Crippen LogP contribution in [0.4, 0.5) is 4.79 Å². The number of esters is 2. The van der Waals surface area contributed by atoms with Crippen LogP contribution in [-0.4, -0.2) is 41.4 Å². The van der Waals surface area contributed by atoms with Gasteiger partial charge in [-0.2, -0.15) is 0 Å². The highest BCUT2D eigenvalue weighted by atomic mass is 16.6. The molecule has 0 radical (unpaired) electrons. The number of aromatic nitrogens is 1. The van der Waals surface area contributed by atoms with Crippen LogP contribution in [0.3, 0.4) is 0 Å². The number of hydrogen-bond donors (Lipinski definition) is 0. The first-order chi connectivity index (χ1) is 10.2. The Balaban J connectivity index is 3.16. The fraction of sp³-hybridized carbons (Fsp3) is 0.533. The number of rotatable bonds is 4. The van der Waals surface area contributed by atoms with E-state index in [4.69, 9.17) is 14.2 Å². The number of carbonyl (C=O) groups is 3. The van der Waals surface area contributed by atoms with Crippen LogP contribution in [0, 0.1) is 0 Å². The van der Waals surface area contributed by atoms with Gasteiger partial charge in [0.25, 0.3) is 0 Å². The summed E-state index contributed by atoms with van der Waals surface area (Å²) in [6.45, 7) is 8.74. The molecule has 122 valence electrons. The van der Waals surface area contributed by atoms with Crippen LogP contribution in [0.15, 0.2) is 12.4 Å². The maximum absolute atomic E-state index is 12.0. The van der Waals surface area contributed by atoms with E-state index in [1.54, 1.807) is 34.6 Å². The van der Waals surface area contributed by atoms with Crippen LogP contribution >= 0.6 is 0 Å². The fourth-order valence-corrected chi connectivity index (χ4v) is 1.62. The van der Waals surface area contributed by atoms with Gasteiger partial charge >= 0.3 is 18.0 Å². The molecule has 0 saturated heterocycles. The summed E-state index contributed by atoms with van der Waals surface area (Å²) in [5, 5.41) is 0. The molecular formula is C15H21NO6. The third-order valence-electron chi connectivity index (χ3n) is 2.42. The average Bonchev–Trinajstić information content (AvgIpc) is 2.82. The molecule has 1 rings (SSSR count). The molecule has 1 aromatic heterocycles. The van der Waals surface area contributed by atoms with E-state index in [9.17, 15) is 14.4 Å². The zero-order valence-electron chi connectivity index (χ0n) is 13.5. The zero-order chi connectivity index (χ0) is 16.9. The van der Waals surface area contributed by atoms with Crippen molar-refractivity contribution in [3.05, 3.63) is 23.5 Å². The van der Waals surface area contributed by atoms with Crippen LogP contribution in [0.2, 0.25) is 0 Å². The highest BCUT2D eigenvalue weighted by Gasteiger charge is 2.26. The van der Waals surface area contributed by atoms with Gasteiger partial charge in [-0.05, 0) is 34.6 Å². The molecular weight excluding hydrogens is 290 g/mol. The van der Waals surface area contributed by atoms with Crippen molar-refractivity contribution in [2.45, 2.75) is 40.2 Å². The number of hydrogen-bond acceptors (Lipinski definition) is 6. The smallest absolute Gasteiger partial charge is 0.418 e. The first kappa shape index (κ1) is 17.7. The second-order valence-corrected chi connectivity index (χ2v) is 5.41. The van der Waals surface area contributed by atoms with Gasteiger partial charge in [0.2, 0.25) is 0 Å². The monoisotopic (exact) mass is 311 g/mol. The molecule has 0 saturated carbocycles. The molecule has 0 aliphatic carbocycles. The second-order valence-electron chi connectivity index (χ2n) is 5.41. The predicted octanol–water partition coefficient (Wildman–Crippen LogP) is 2.62. The summed E-state index contributed by atoms with van der Waals surface area (Å²) in [5.41, 5.74) is -0.771. The molecule has 0 aliphatic rings. The van der Waals surface area contributed by atoms with E-state index in [-0.39, 0.29) is 24.3 Å². The summed E-state index contributed by atoms with van der Waals surface area (Å²) < 4.78 is 16.0. The van der Waals surface area contributed by atoms with Gasteiger partial charge in [0.15, 0.2) is 0 Å².